The Morgan fingerprint density at radius 2 is 1.12 bits per heavy atom. The van der Waals surface area contributed by atoms with E-state index in [0.29, 0.717) is 38.8 Å². The second-order valence-electron chi connectivity index (χ2n) is 10.7. The molecule has 17 heteroatoms. The second-order valence-corrected chi connectivity index (χ2v) is 10.7. The van der Waals surface area contributed by atoms with Gasteiger partial charge in [0, 0.05) is 16.8 Å². The van der Waals surface area contributed by atoms with Crippen LogP contribution < -0.4 is 27.8 Å². The zero-order valence-electron chi connectivity index (χ0n) is 26.2. The van der Waals surface area contributed by atoms with E-state index in [0.717, 1.165) is 25.0 Å². The number of hydrogen-bond acceptors (Lipinski definition) is 7. The number of rotatable bonds is 13. The molecule has 0 saturated heterocycles. The average molecular weight is 710 g/mol. The lowest BCUT2D eigenvalue weighted by atomic mass is 10.0. The van der Waals surface area contributed by atoms with Crippen molar-refractivity contribution >= 4 is 17.5 Å². The number of nitrogens with two attached hydrogens (primary N) is 3. The van der Waals surface area contributed by atoms with Crippen LogP contribution in [0.5, 0.6) is 0 Å². The average Bonchev–Trinajstić information content (AvgIpc) is 3.08. The van der Waals surface area contributed by atoms with E-state index < -0.39 is 82.1 Å². The van der Waals surface area contributed by atoms with Gasteiger partial charge < -0.3 is 27.8 Å². The Labute approximate surface area is 281 Å². The monoisotopic (exact) mass is 709 g/mol. The maximum atomic E-state index is 14.3. The highest BCUT2D eigenvalue weighted by Gasteiger charge is 2.24. The minimum absolute atomic E-state index is 0.0552. The molecule has 9 nitrogen and oxygen atoms in total. The number of nitrogens with one attached hydrogen (secondary N) is 2. The zero-order valence-corrected chi connectivity index (χ0v) is 26.2. The summed E-state index contributed by atoms with van der Waals surface area (Å²) in [5.41, 5.74) is 13.6. The number of hydrogen-bond donors (Lipinski definition) is 5. The smallest absolute Gasteiger partial charge is 0.253 e. The molecule has 2 aromatic heterocycles. The van der Waals surface area contributed by atoms with Crippen LogP contribution in [0.2, 0.25) is 0 Å². The van der Waals surface area contributed by atoms with Crippen molar-refractivity contribution in [3.05, 3.63) is 87.5 Å². The minimum atomic E-state index is -2.00. The van der Waals surface area contributed by atoms with E-state index in [9.17, 15) is 44.7 Å². The van der Waals surface area contributed by atoms with Crippen LogP contribution in [0.15, 0.2) is 18.2 Å². The third-order valence-electron chi connectivity index (χ3n) is 7.06. The second kappa shape index (κ2) is 18.6. The van der Waals surface area contributed by atoms with Crippen LogP contribution >= 0.6 is 0 Å². The third-order valence-corrected chi connectivity index (χ3v) is 7.06. The predicted octanol–water partition coefficient (Wildman–Crippen LogP) is 3.79. The first-order chi connectivity index (χ1) is 23.8. The molecule has 0 aliphatic rings. The lowest BCUT2D eigenvalue weighted by Crippen LogP contribution is -2.50. The van der Waals surface area contributed by atoms with Gasteiger partial charge in [-0.15, -0.1) is 0 Å². The normalized spacial score (nSPS) is 11.9. The van der Waals surface area contributed by atoms with Gasteiger partial charge in [-0.25, -0.2) is 17.6 Å². The number of halogens is 8. The number of amides is 2. The molecular weight excluding hydrogens is 678 g/mol. The number of carbonyl (C=O) groups excluding carboxylic acids is 2. The molecular formula is C33H31F8N7O2. The van der Waals surface area contributed by atoms with Gasteiger partial charge in [0.05, 0.1) is 6.04 Å². The van der Waals surface area contributed by atoms with Crippen molar-refractivity contribution in [1.29, 1.82) is 0 Å². The molecule has 2 unspecified atom stereocenters. The van der Waals surface area contributed by atoms with Crippen LogP contribution in [0.3, 0.4) is 0 Å². The summed E-state index contributed by atoms with van der Waals surface area (Å²) in [6.07, 6.45) is 3.59. The van der Waals surface area contributed by atoms with Gasteiger partial charge in [0.15, 0.2) is 23.3 Å². The molecule has 0 radical (unpaired) electrons. The number of benzene rings is 1. The Morgan fingerprint density at radius 3 is 1.64 bits per heavy atom. The third kappa shape index (κ3) is 10.4. The van der Waals surface area contributed by atoms with E-state index >= 15 is 0 Å². The lowest BCUT2D eigenvalue weighted by Gasteiger charge is -2.21. The molecule has 266 valence electrons. The highest BCUT2D eigenvalue weighted by molar-refractivity contribution is 5.98. The molecule has 0 aliphatic carbocycles. The van der Waals surface area contributed by atoms with Crippen LogP contribution in [0.25, 0.3) is 0 Å². The summed E-state index contributed by atoms with van der Waals surface area (Å²) in [6, 6.07) is 1.36. The molecule has 3 aromatic rings. The fraction of sp³-hybridized carbons (Fsp3) is 0.333. The molecule has 3 rings (SSSR count). The van der Waals surface area contributed by atoms with E-state index in [1.807, 2.05) is 11.8 Å². The maximum absolute atomic E-state index is 14.3. The van der Waals surface area contributed by atoms with E-state index in [4.69, 9.17) is 17.2 Å². The van der Waals surface area contributed by atoms with Crippen LogP contribution in [0.1, 0.15) is 67.2 Å². The first-order valence-electron chi connectivity index (χ1n) is 15.1. The van der Waals surface area contributed by atoms with Crippen molar-refractivity contribution in [3.63, 3.8) is 0 Å². The summed E-state index contributed by atoms with van der Waals surface area (Å²) in [7, 11) is 0. The molecule has 0 spiro atoms. The topological polar surface area (TPSA) is 162 Å². The van der Waals surface area contributed by atoms with Gasteiger partial charge in [-0.1, -0.05) is 36.5 Å². The number of aromatic nitrogens is 2. The Hall–Kier alpha value is -5.10. The molecule has 0 fully saturated rings. The Kier molecular flexibility index (Phi) is 14.6. The van der Waals surface area contributed by atoms with Crippen molar-refractivity contribution < 1.29 is 44.7 Å². The number of nitrogens with zero attached hydrogens (tertiary/aromatic N) is 2. The molecule has 2 atom stereocenters. The minimum Gasteiger partial charge on any atom is -0.343 e. The molecule has 0 bridgehead atoms. The summed E-state index contributed by atoms with van der Waals surface area (Å²) in [6.45, 7) is 0.800. The summed E-state index contributed by atoms with van der Waals surface area (Å²) in [5, 5.41) is 5.13. The standard InChI is InChI=1S/C33H31F8N7O2/c34-24-20(25(35)29(39)47-28(24)38)12-9-17-8-11-19(16-18(17)10-13-21-26(36)30(40)48-31(41)27(21)37)45-33(50)23(7-3-5-15-43)46-32(49)22(44)6-2-1-4-14-42/h8,11,16,22-23H,1-7,14-15,42-44H2,(H,45,50)(H,46,49). The fourth-order valence-electron chi connectivity index (χ4n) is 4.37. The van der Waals surface area contributed by atoms with Crippen LogP contribution in [-0.4, -0.2) is 47.0 Å². The van der Waals surface area contributed by atoms with Crippen molar-refractivity contribution in [2.75, 3.05) is 18.4 Å². The van der Waals surface area contributed by atoms with Crippen molar-refractivity contribution in [2.24, 2.45) is 17.2 Å². The van der Waals surface area contributed by atoms with Crippen molar-refractivity contribution in [1.82, 2.24) is 15.3 Å². The quantitative estimate of drug-likeness (QED) is 0.0781. The zero-order chi connectivity index (χ0) is 37.0. The van der Waals surface area contributed by atoms with E-state index in [-0.39, 0.29) is 23.2 Å². The van der Waals surface area contributed by atoms with Crippen LogP contribution in [0, 0.1) is 70.7 Å². The highest BCUT2D eigenvalue weighted by Crippen LogP contribution is 2.20. The highest BCUT2D eigenvalue weighted by atomic mass is 19.2. The van der Waals surface area contributed by atoms with Gasteiger partial charge in [-0.2, -0.15) is 27.5 Å². The number of unbranched alkanes of at least 4 members (excludes halogenated alkanes) is 3. The molecule has 0 saturated carbocycles. The summed E-state index contributed by atoms with van der Waals surface area (Å²) in [4.78, 5) is 31.0. The SMILES string of the molecule is NCCCCCC(N)C(=O)NC(CCCCN)C(=O)Nc1ccc(C#Cc2c(F)c(F)nc(F)c2F)c(C#Cc2c(F)c(F)nc(F)c2F)c1. The number of pyridine rings is 2. The maximum Gasteiger partial charge on any atom is 0.253 e. The summed E-state index contributed by atoms with van der Waals surface area (Å²) >= 11 is 0. The lowest BCUT2D eigenvalue weighted by molar-refractivity contribution is -0.127. The molecule has 2 heterocycles. The Bertz CT molecular complexity index is 1800. The van der Waals surface area contributed by atoms with Gasteiger partial charge in [-0.3, -0.25) is 9.59 Å². The predicted molar refractivity (Wildman–Crippen MR) is 166 cm³/mol. The van der Waals surface area contributed by atoms with E-state index in [1.54, 1.807) is 0 Å². The molecule has 50 heavy (non-hydrogen) atoms. The summed E-state index contributed by atoms with van der Waals surface area (Å²) in [5.74, 6) is -8.80. The first-order valence-corrected chi connectivity index (χ1v) is 15.1. The van der Waals surface area contributed by atoms with Gasteiger partial charge >= 0.3 is 0 Å². The number of carbonyl (C=O) groups is 2. The summed E-state index contributed by atoms with van der Waals surface area (Å²) < 4.78 is 111. The Balaban J connectivity index is 2.02. The Morgan fingerprint density at radius 1 is 0.640 bits per heavy atom. The van der Waals surface area contributed by atoms with Gasteiger partial charge in [0.1, 0.15) is 17.2 Å². The molecule has 2 amide bonds. The van der Waals surface area contributed by atoms with Crippen molar-refractivity contribution in [3.8, 4) is 23.7 Å². The van der Waals surface area contributed by atoms with E-state index in [1.165, 1.54) is 6.07 Å². The number of anilines is 1. The molecule has 1 aromatic carbocycles. The first kappa shape index (κ1) is 39.3. The fourth-order valence-corrected chi connectivity index (χ4v) is 4.37. The van der Waals surface area contributed by atoms with Crippen LogP contribution in [-0.2, 0) is 9.59 Å². The van der Waals surface area contributed by atoms with Gasteiger partial charge in [0.2, 0.25) is 11.8 Å². The largest absolute Gasteiger partial charge is 0.343 e. The van der Waals surface area contributed by atoms with Crippen LogP contribution in [0.4, 0.5) is 40.8 Å². The molecule has 8 N–H and O–H groups in total. The van der Waals surface area contributed by atoms with Gasteiger partial charge in [-0.05, 0) is 63.4 Å². The van der Waals surface area contributed by atoms with E-state index in [2.05, 4.69) is 32.4 Å². The van der Waals surface area contributed by atoms with Gasteiger partial charge in [0.25, 0.3) is 23.8 Å². The molecule has 0 aliphatic heterocycles. The van der Waals surface area contributed by atoms with Crippen molar-refractivity contribution in [2.45, 2.75) is 57.0 Å².